The number of fused-ring (bicyclic) bond motifs is 1. The molecule has 2 N–H and O–H groups in total. The molecule has 1 aromatic heterocycles. The second-order valence-electron chi connectivity index (χ2n) is 4.63. The lowest BCUT2D eigenvalue weighted by Crippen LogP contribution is -2.53. The van der Waals surface area contributed by atoms with Crippen LogP contribution < -0.4 is 5.69 Å². The Hall–Kier alpha value is -2.08. The predicted octanol–water partition coefficient (Wildman–Crippen LogP) is 0.687. The number of nitrogens with one attached hydrogen (secondary N) is 2. The summed E-state index contributed by atoms with van der Waals surface area (Å²) in [6, 6.07) is 5.40. The molecule has 6 heteroatoms. The lowest BCUT2D eigenvalue weighted by molar-refractivity contribution is -0.169. The van der Waals surface area contributed by atoms with Crippen LogP contribution in [-0.4, -0.2) is 35.8 Å². The van der Waals surface area contributed by atoms with Gasteiger partial charge in [0.15, 0.2) is 0 Å². The van der Waals surface area contributed by atoms with Gasteiger partial charge in [-0.25, -0.2) is 4.79 Å². The summed E-state index contributed by atoms with van der Waals surface area (Å²) in [6.07, 6.45) is 0. The van der Waals surface area contributed by atoms with Crippen LogP contribution in [0, 0.1) is 0 Å². The summed E-state index contributed by atoms with van der Waals surface area (Å²) >= 11 is 0. The third-order valence-corrected chi connectivity index (χ3v) is 3.43. The van der Waals surface area contributed by atoms with E-state index in [2.05, 4.69) is 9.97 Å². The third kappa shape index (κ3) is 1.76. The Bertz CT molecular complexity index is 681. The number of esters is 1. The molecular formula is C13H14N2O4. The molecule has 0 radical (unpaired) electrons. The molecule has 0 saturated carbocycles. The number of carbonyl (C=O) groups is 1. The fourth-order valence-corrected chi connectivity index (χ4v) is 2.31. The number of aromatic nitrogens is 2. The Kier molecular flexibility index (Phi) is 2.67. The molecule has 1 aliphatic heterocycles. The minimum Gasteiger partial charge on any atom is -0.465 e. The van der Waals surface area contributed by atoms with E-state index < -0.39 is 5.41 Å². The largest absolute Gasteiger partial charge is 0.465 e. The molecule has 2 aromatic rings. The van der Waals surface area contributed by atoms with Gasteiger partial charge >= 0.3 is 11.7 Å². The van der Waals surface area contributed by atoms with Gasteiger partial charge in [0.2, 0.25) is 0 Å². The van der Waals surface area contributed by atoms with E-state index >= 15 is 0 Å². The molecule has 1 aromatic carbocycles. The van der Waals surface area contributed by atoms with Gasteiger partial charge in [-0.2, -0.15) is 0 Å². The first-order valence-electron chi connectivity index (χ1n) is 6.13. The number of imidazole rings is 1. The van der Waals surface area contributed by atoms with Crippen molar-refractivity contribution in [3.63, 3.8) is 0 Å². The molecule has 2 heterocycles. The Morgan fingerprint density at radius 3 is 2.74 bits per heavy atom. The smallest absolute Gasteiger partial charge is 0.323 e. The van der Waals surface area contributed by atoms with Gasteiger partial charge in [0.05, 0.1) is 30.9 Å². The van der Waals surface area contributed by atoms with Gasteiger partial charge in [-0.1, -0.05) is 6.07 Å². The minimum atomic E-state index is -0.738. The number of hydrogen-bond donors (Lipinski definition) is 2. The Morgan fingerprint density at radius 1 is 1.37 bits per heavy atom. The van der Waals surface area contributed by atoms with Gasteiger partial charge in [0, 0.05) is 0 Å². The van der Waals surface area contributed by atoms with E-state index in [1.54, 1.807) is 19.1 Å². The molecule has 3 rings (SSSR count). The molecular weight excluding hydrogens is 248 g/mol. The number of H-pyrrole nitrogens is 2. The van der Waals surface area contributed by atoms with Crippen LogP contribution in [0.4, 0.5) is 0 Å². The molecule has 0 bridgehead atoms. The molecule has 0 spiro atoms. The van der Waals surface area contributed by atoms with Crippen molar-refractivity contribution in [1.82, 2.24) is 9.97 Å². The maximum Gasteiger partial charge on any atom is 0.323 e. The van der Waals surface area contributed by atoms with Gasteiger partial charge in [-0.05, 0) is 24.6 Å². The van der Waals surface area contributed by atoms with Crippen LogP contribution in [0.1, 0.15) is 12.5 Å². The average Bonchev–Trinajstić information content (AvgIpc) is 2.67. The number of carbonyl (C=O) groups excluding carboxylic acids is 1. The molecule has 0 atom stereocenters. The summed E-state index contributed by atoms with van der Waals surface area (Å²) in [5, 5.41) is 0. The van der Waals surface area contributed by atoms with Crippen LogP contribution >= 0.6 is 0 Å². The lowest BCUT2D eigenvalue weighted by atomic mass is 9.78. The predicted molar refractivity (Wildman–Crippen MR) is 68.0 cm³/mol. The molecule has 100 valence electrons. The van der Waals surface area contributed by atoms with Crippen molar-refractivity contribution in [2.24, 2.45) is 0 Å². The van der Waals surface area contributed by atoms with E-state index in [9.17, 15) is 9.59 Å². The Balaban J connectivity index is 2.06. The summed E-state index contributed by atoms with van der Waals surface area (Å²) in [6.45, 7) is 2.74. The molecule has 1 aliphatic rings. The van der Waals surface area contributed by atoms with Crippen LogP contribution in [0.15, 0.2) is 23.0 Å². The first-order valence-corrected chi connectivity index (χ1v) is 6.13. The van der Waals surface area contributed by atoms with E-state index in [-0.39, 0.29) is 11.7 Å². The summed E-state index contributed by atoms with van der Waals surface area (Å²) in [4.78, 5) is 28.7. The van der Waals surface area contributed by atoms with Crippen molar-refractivity contribution in [1.29, 1.82) is 0 Å². The minimum absolute atomic E-state index is 0.262. The maximum atomic E-state index is 12.1. The molecule has 0 aliphatic carbocycles. The third-order valence-electron chi connectivity index (χ3n) is 3.43. The fourth-order valence-electron chi connectivity index (χ4n) is 2.31. The molecule has 1 saturated heterocycles. The quantitative estimate of drug-likeness (QED) is 0.797. The number of hydrogen-bond acceptors (Lipinski definition) is 4. The number of benzene rings is 1. The van der Waals surface area contributed by atoms with Gasteiger partial charge in [-0.3, -0.25) is 4.79 Å². The first kappa shape index (κ1) is 12.0. The SMILES string of the molecule is CCOC(=O)C1(c2ccc3[nH]c(=O)[nH]c3c2)COC1. The highest BCUT2D eigenvalue weighted by molar-refractivity contribution is 5.87. The highest BCUT2D eigenvalue weighted by Crippen LogP contribution is 2.34. The standard InChI is InChI=1S/C13H14N2O4/c1-2-19-11(16)13(6-18-7-13)8-3-4-9-10(5-8)15-12(17)14-9/h3-5H,2,6-7H2,1H3,(H2,14,15,17). The summed E-state index contributed by atoms with van der Waals surface area (Å²) in [5.41, 5.74) is 1.20. The summed E-state index contributed by atoms with van der Waals surface area (Å²) in [7, 11) is 0. The van der Waals surface area contributed by atoms with Gasteiger partial charge in [0.25, 0.3) is 0 Å². The first-order chi connectivity index (χ1) is 9.15. The highest BCUT2D eigenvalue weighted by atomic mass is 16.6. The molecule has 6 nitrogen and oxygen atoms in total. The van der Waals surface area contributed by atoms with Gasteiger partial charge < -0.3 is 19.4 Å². The number of ether oxygens (including phenoxy) is 2. The second-order valence-corrected chi connectivity index (χ2v) is 4.63. The molecule has 1 fully saturated rings. The second kappa shape index (κ2) is 4.24. The summed E-state index contributed by atoms with van der Waals surface area (Å²) in [5.74, 6) is -0.279. The van der Waals surface area contributed by atoms with Crippen molar-refractivity contribution >= 4 is 17.0 Å². The molecule has 19 heavy (non-hydrogen) atoms. The Morgan fingerprint density at radius 2 is 2.11 bits per heavy atom. The van der Waals surface area contributed by atoms with Crippen molar-refractivity contribution in [3.8, 4) is 0 Å². The topological polar surface area (TPSA) is 84.2 Å². The van der Waals surface area contributed by atoms with E-state index in [0.717, 1.165) is 5.56 Å². The maximum absolute atomic E-state index is 12.1. The molecule has 0 unspecified atom stereocenters. The zero-order valence-electron chi connectivity index (χ0n) is 10.5. The van der Waals surface area contributed by atoms with Crippen molar-refractivity contribution in [2.45, 2.75) is 12.3 Å². The number of rotatable bonds is 3. The van der Waals surface area contributed by atoms with Crippen molar-refractivity contribution < 1.29 is 14.3 Å². The highest BCUT2D eigenvalue weighted by Gasteiger charge is 2.49. The monoisotopic (exact) mass is 262 g/mol. The van der Waals surface area contributed by atoms with Crippen LogP contribution in [-0.2, 0) is 19.7 Å². The van der Waals surface area contributed by atoms with Crippen LogP contribution in [0.2, 0.25) is 0 Å². The fraction of sp³-hybridized carbons (Fsp3) is 0.385. The van der Waals surface area contributed by atoms with Crippen LogP contribution in [0.25, 0.3) is 11.0 Å². The van der Waals surface area contributed by atoms with E-state index in [4.69, 9.17) is 9.47 Å². The number of aromatic amines is 2. The lowest BCUT2D eigenvalue weighted by Gasteiger charge is -2.39. The summed E-state index contributed by atoms with van der Waals surface area (Å²) < 4.78 is 10.3. The zero-order valence-corrected chi connectivity index (χ0v) is 10.5. The van der Waals surface area contributed by atoms with Crippen LogP contribution in [0.5, 0.6) is 0 Å². The average molecular weight is 262 g/mol. The zero-order chi connectivity index (χ0) is 13.5. The van der Waals surface area contributed by atoms with Gasteiger partial charge in [0.1, 0.15) is 5.41 Å². The van der Waals surface area contributed by atoms with E-state index in [0.29, 0.717) is 30.9 Å². The Labute approximate surface area is 108 Å². The van der Waals surface area contributed by atoms with E-state index in [1.807, 2.05) is 6.07 Å². The van der Waals surface area contributed by atoms with Crippen molar-refractivity contribution in [2.75, 3.05) is 19.8 Å². The van der Waals surface area contributed by atoms with Gasteiger partial charge in [-0.15, -0.1) is 0 Å². The van der Waals surface area contributed by atoms with E-state index in [1.165, 1.54) is 0 Å². The molecule has 0 amide bonds. The van der Waals surface area contributed by atoms with Crippen LogP contribution in [0.3, 0.4) is 0 Å². The van der Waals surface area contributed by atoms with Crippen molar-refractivity contribution in [3.05, 3.63) is 34.2 Å². The normalized spacial score (nSPS) is 17.1.